The third-order valence-electron chi connectivity index (χ3n) is 2.95. The Hall–Kier alpha value is -2.48. The molecule has 0 saturated carbocycles. The summed E-state index contributed by atoms with van der Waals surface area (Å²) in [4.78, 5) is 0. The molecule has 0 heterocycles. The predicted octanol–water partition coefficient (Wildman–Crippen LogP) is 4.63. The number of hydrogen-bond donors (Lipinski definition) is 0. The summed E-state index contributed by atoms with van der Waals surface area (Å²) in [7, 11) is 0. The van der Waals surface area contributed by atoms with Crippen molar-refractivity contribution in [3.63, 3.8) is 0 Å². The highest BCUT2D eigenvalue weighted by atomic mass is 19.4. The monoisotopic (exact) mass is 291 g/mol. The summed E-state index contributed by atoms with van der Waals surface area (Å²) < 4.78 is 40.6. The quantitative estimate of drug-likeness (QED) is 0.826. The first-order chi connectivity index (χ1) is 9.89. The fourth-order valence-corrected chi connectivity index (χ4v) is 2.11. The van der Waals surface area contributed by atoms with Gasteiger partial charge in [-0.05, 0) is 41.3 Å². The molecule has 0 N–H and O–H groups in total. The van der Waals surface area contributed by atoms with Gasteiger partial charge in [-0.15, -0.1) is 13.2 Å². The molecule has 0 aromatic heterocycles. The van der Waals surface area contributed by atoms with Crippen molar-refractivity contribution in [2.75, 3.05) is 0 Å². The van der Waals surface area contributed by atoms with Crippen molar-refractivity contribution in [2.45, 2.75) is 19.7 Å². The van der Waals surface area contributed by atoms with Crippen molar-refractivity contribution >= 4 is 0 Å². The molecular formula is C16H12F3NO. The molecule has 0 aliphatic carbocycles. The van der Waals surface area contributed by atoms with Gasteiger partial charge in [0.2, 0.25) is 0 Å². The average molecular weight is 291 g/mol. The number of ether oxygens (including phenoxy) is 1. The second-order valence-electron chi connectivity index (χ2n) is 4.56. The molecule has 2 rings (SSSR count). The van der Waals surface area contributed by atoms with Gasteiger partial charge < -0.3 is 4.74 Å². The van der Waals surface area contributed by atoms with Crippen molar-refractivity contribution < 1.29 is 17.9 Å². The van der Waals surface area contributed by atoms with E-state index in [1.54, 1.807) is 18.2 Å². The molecule has 0 bridgehead atoms. The number of hydrogen-bond acceptors (Lipinski definition) is 2. The van der Waals surface area contributed by atoms with E-state index in [9.17, 15) is 13.2 Å². The lowest BCUT2D eigenvalue weighted by Gasteiger charge is -2.12. The summed E-state index contributed by atoms with van der Waals surface area (Å²) >= 11 is 0. The van der Waals surface area contributed by atoms with Crippen LogP contribution in [0.15, 0.2) is 42.5 Å². The zero-order valence-corrected chi connectivity index (χ0v) is 11.2. The molecule has 2 aromatic rings. The normalized spacial score (nSPS) is 11.0. The molecule has 0 amide bonds. The summed E-state index contributed by atoms with van der Waals surface area (Å²) in [5, 5.41) is 8.67. The smallest absolute Gasteiger partial charge is 0.406 e. The van der Waals surface area contributed by atoms with Gasteiger partial charge in [-0.1, -0.05) is 30.3 Å². The van der Waals surface area contributed by atoms with Gasteiger partial charge in [0.05, 0.1) is 12.5 Å². The number of halogens is 3. The first-order valence-corrected chi connectivity index (χ1v) is 6.22. The Morgan fingerprint density at radius 2 is 1.90 bits per heavy atom. The molecule has 0 spiro atoms. The Kier molecular flexibility index (Phi) is 4.18. The summed E-state index contributed by atoms with van der Waals surface area (Å²) in [5.41, 5.74) is 3.22. The van der Waals surface area contributed by atoms with Gasteiger partial charge in [-0.25, -0.2) is 0 Å². The second kappa shape index (κ2) is 5.88. The van der Waals surface area contributed by atoms with Gasteiger partial charge in [0, 0.05) is 0 Å². The largest absolute Gasteiger partial charge is 0.573 e. The van der Waals surface area contributed by atoms with Crippen LogP contribution in [-0.4, -0.2) is 6.36 Å². The lowest BCUT2D eigenvalue weighted by Crippen LogP contribution is -2.17. The predicted molar refractivity (Wildman–Crippen MR) is 72.6 cm³/mol. The molecule has 0 atom stereocenters. The van der Waals surface area contributed by atoms with E-state index in [4.69, 9.17) is 5.26 Å². The van der Waals surface area contributed by atoms with Crippen molar-refractivity contribution in [1.29, 1.82) is 5.26 Å². The van der Waals surface area contributed by atoms with E-state index < -0.39 is 6.36 Å². The van der Waals surface area contributed by atoms with Crippen LogP contribution in [0.2, 0.25) is 0 Å². The molecule has 108 valence electrons. The Morgan fingerprint density at radius 1 is 1.14 bits per heavy atom. The van der Waals surface area contributed by atoms with Crippen LogP contribution in [0.5, 0.6) is 5.75 Å². The first kappa shape index (κ1) is 14.9. The van der Waals surface area contributed by atoms with Gasteiger partial charge in [-0.3, -0.25) is 0 Å². The number of nitriles is 1. The van der Waals surface area contributed by atoms with Gasteiger partial charge in [0.15, 0.2) is 0 Å². The summed E-state index contributed by atoms with van der Waals surface area (Å²) in [6.45, 7) is 1.85. The fourth-order valence-electron chi connectivity index (χ4n) is 2.11. The first-order valence-electron chi connectivity index (χ1n) is 6.22. The van der Waals surface area contributed by atoms with Crippen LogP contribution in [0, 0.1) is 18.3 Å². The highest BCUT2D eigenvalue weighted by Gasteiger charge is 2.31. The van der Waals surface area contributed by atoms with Crippen LogP contribution in [0.3, 0.4) is 0 Å². The lowest BCUT2D eigenvalue weighted by atomic mass is 9.97. The molecule has 0 unspecified atom stereocenters. The Labute approximate surface area is 120 Å². The SMILES string of the molecule is Cc1cc(CC#N)ccc1-c1cccc(OC(F)(F)F)c1. The van der Waals surface area contributed by atoms with E-state index in [1.807, 2.05) is 13.0 Å². The van der Waals surface area contributed by atoms with Crippen molar-refractivity contribution in [3.8, 4) is 22.9 Å². The molecule has 0 radical (unpaired) electrons. The number of rotatable bonds is 3. The average Bonchev–Trinajstić information content (AvgIpc) is 2.37. The fraction of sp³-hybridized carbons (Fsp3) is 0.188. The third kappa shape index (κ3) is 3.99. The number of aryl methyl sites for hydroxylation is 1. The second-order valence-corrected chi connectivity index (χ2v) is 4.56. The zero-order chi connectivity index (χ0) is 15.5. The summed E-state index contributed by atoms with van der Waals surface area (Å²) in [6, 6.07) is 13.4. The van der Waals surface area contributed by atoms with Crippen molar-refractivity contribution in [3.05, 3.63) is 53.6 Å². The number of nitrogens with zero attached hydrogens (tertiary/aromatic N) is 1. The molecule has 5 heteroatoms. The van der Waals surface area contributed by atoms with Gasteiger partial charge in [0.1, 0.15) is 5.75 Å². The minimum atomic E-state index is -4.70. The third-order valence-corrected chi connectivity index (χ3v) is 2.95. The maximum Gasteiger partial charge on any atom is 0.573 e. The van der Waals surface area contributed by atoms with E-state index >= 15 is 0 Å². The highest BCUT2D eigenvalue weighted by molar-refractivity contribution is 5.69. The van der Waals surface area contributed by atoms with Crippen molar-refractivity contribution in [1.82, 2.24) is 0 Å². The van der Waals surface area contributed by atoms with Crippen LogP contribution < -0.4 is 4.74 Å². The van der Waals surface area contributed by atoms with Crippen LogP contribution in [0.4, 0.5) is 13.2 Å². The van der Waals surface area contributed by atoms with Gasteiger partial charge in [0.25, 0.3) is 0 Å². The standard InChI is InChI=1S/C16H12F3NO/c1-11-9-12(7-8-20)5-6-15(11)13-3-2-4-14(10-13)21-16(17,18)19/h2-6,9-10H,7H2,1H3. The summed E-state index contributed by atoms with van der Waals surface area (Å²) in [6.07, 6.45) is -4.40. The van der Waals surface area contributed by atoms with Crippen LogP contribution in [0.25, 0.3) is 11.1 Å². The summed E-state index contributed by atoms with van der Waals surface area (Å²) in [5.74, 6) is -0.250. The number of alkyl halides is 3. The molecule has 21 heavy (non-hydrogen) atoms. The minimum absolute atomic E-state index is 0.250. The van der Waals surface area contributed by atoms with Crippen molar-refractivity contribution in [2.24, 2.45) is 0 Å². The molecule has 2 nitrogen and oxygen atoms in total. The van der Waals surface area contributed by atoms with Gasteiger partial charge in [-0.2, -0.15) is 5.26 Å². The van der Waals surface area contributed by atoms with Crippen LogP contribution >= 0.6 is 0 Å². The van der Waals surface area contributed by atoms with Crippen LogP contribution in [0.1, 0.15) is 11.1 Å². The van der Waals surface area contributed by atoms with Crippen LogP contribution in [-0.2, 0) is 6.42 Å². The highest BCUT2D eigenvalue weighted by Crippen LogP contribution is 2.30. The van der Waals surface area contributed by atoms with E-state index in [2.05, 4.69) is 10.8 Å². The lowest BCUT2D eigenvalue weighted by molar-refractivity contribution is -0.274. The molecule has 2 aromatic carbocycles. The Bertz CT molecular complexity index is 687. The maximum atomic E-state index is 12.2. The molecule has 0 aliphatic rings. The Balaban J connectivity index is 2.34. The van der Waals surface area contributed by atoms with Gasteiger partial charge >= 0.3 is 6.36 Å². The number of benzene rings is 2. The van der Waals surface area contributed by atoms with E-state index in [1.165, 1.54) is 18.2 Å². The molecule has 0 saturated heterocycles. The topological polar surface area (TPSA) is 33.0 Å². The zero-order valence-electron chi connectivity index (χ0n) is 11.2. The maximum absolute atomic E-state index is 12.2. The van der Waals surface area contributed by atoms with E-state index in [0.717, 1.165) is 16.7 Å². The molecule has 0 aliphatic heterocycles. The van der Waals surface area contributed by atoms with E-state index in [-0.39, 0.29) is 5.75 Å². The molecule has 0 fully saturated rings. The minimum Gasteiger partial charge on any atom is -0.406 e. The van der Waals surface area contributed by atoms with E-state index in [0.29, 0.717) is 12.0 Å². The Morgan fingerprint density at radius 3 is 2.52 bits per heavy atom. The molecular weight excluding hydrogens is 279 g/mol.